The van der Waals surface area contributed by atoms with Crippen molar-refractivity contribution in [1.82, 2.24) is 4.90 Å². The van der Waals surface area contributed by atoms with Gasteiger partial charge in [0.05, 0.1) is 0 Å². The lowest BCUT2D eigenvalue weighted by Crippen LogP contribution is -2.29. The van der Waals surface area contributed by atoms with Gasteiger partial charge in [0.1, 0.15) is 0 Å². The lowest BCUT2D eigenvalue weighted by Gasteiger charge is -2.27. The Labute approximate surface area is 178 Å². The van der Waals surface area contributed by atoms with Gasteiger partial charge in [0, 0.05) is 30.5 Å². The van der Waals surface area contributed by atoms with Crippen molar-refractivity contribution >= 4 is 17.3 Å². The summed E-state index contributed by atoms with van der Waals surface area (Å²) in [6, 6.07) is 24.3. The Kier molecular flexibility index (Phi) is 6.45. The van der Waals surface area contributed by atoms with Crippen LogP contribution in [-0.4, -0.2) is 30.9 Å². The van der Waals surface area contributed by atoms with E-state index < -0.39 is 0 Å². The number of piperidine rings is 1. The zero-order chi connectivity index (χ0) is 20.8. The molecule has 0 aliphatic carbocycles. The van der Waals surface area contributed by atoms with Crippen LogP contribution in [0.25, 0.3) is 11.1 Å². The highest BCUT2D eigenvalue weighted by Gasteiger charge is 2.16. The van der Waals surface area contributed by atoms with E-state index >= 15 is 0 Å². The van der Waals surface area contributed by atoms with Crippen LogP contribution in [0.4, 0.5) is 11.4 Å². The number of carbonyl (C=O) groups excluding carboxylic acids is 1. The van der Waals surface area contributed by atoms with Crippen LogP contribution in [0.2, 0.25) is 0 Å². The molecule has 4 rings (SSSR count). The molecule has 1 fully saturated rings. The van der Waals surface area contributed by atoms with Gasteiger partial charge in [0.15, 0.2) is 0 Å². The lowest BCUT2D eigenvalue weighted by atomic mass is 9.96. The van der Waals surface area contributed by atoms with Gasteiger partial charge < -0.3 is 10.6 Å². The van der Waals surface area contributed by atoms with Crippen LogP contribution in [-0.2, 0) is 6.54 Å². The molecule has 0 unspecified atom stereocenters. The Bertz CT molecular complexity index is 994. The normalized spacial score (nSPS) is 14.3. The summed E-state index contributed by atoms with van der Waals surface area (Å²) in [7, 11) is 1.87. The highest BCUT2D eigenvalue weighted by molar-refractivity contribution is 6.05. The quantitative estimate of drug-likeness (QED) is 0.564. The van der Waals surface area contributed by atoms with E-state index in [1.807, 2.05) is 43.4 Å². The van der Waals surface area contributed by atoms with Gasteiger partial charge in [-0.1, -0.05) is 48.9 Å². The maximum atomic E-state index is 13.0. The SMILES string of the molecule is CNc1cccc(NC(=O)c2ccc(-c3ccccc3)c(CN3CCCCC3)c2)c1. The van der Waals surface area contributed by atoms with Gasteiger partial charge in [-0.05, 0) is 73.0 Å². The number of carbonyl (C=O) groups is 1. The number of nitrogens with zero attached hydrogens (tertiary/aromatic N) is 1. The first kappa shape index (κ1) is 20.2. The molecule has 1 aliphatic heterocycles. The van der Waals surface area contributed by atoms with E-state index in [1.165, 1.54) is 36.0 Å². The molecule has 3 aromatic carbocycles. The monoisotopic (exact) mass is 399 g/mol. The summed E-state index contributed by atoms with van der Waals surface area (Å²) in [6.07, 6.45) is 3.82. The summed E-state index contributed by atoms with van der Waals surface area (Å²) in [6.45, 7) is 3.13. The summed E-state index contributed by atoms with van der Waals surface area (Å²) in [5.41, 5.74) is 6.05. The Morgan fingerprint density at radius 2 is 1.63 bits per heavy atom. The molecule has 0 aromatic heterocycles. The van der Waals surface area contributed by atoms with Gasteiger partial charge in [-0.15, -0.1) is 0 Å². The lowest BCUT2D eigenvalue weighted by molar-refractivity contribution is 0.102. The predicted octanol–water partition coefficient (Wildman–Crippen LogP) is 5.63. The van der Waals surface area contributed by atoms with Crippen molar-refractivity contribution in [3.05, 3.63) is 83.9 Å². The van der Waals surface area contributed by atoms with Crippen molar-refractivity contribution in [2.45, 2.75) is 25.8 Å². The third-order valence-electron chi connectivity index (χ3n) is 5.70. The molecule has 2 N–H and O–H groups in total. The number of likely N-dealkylation sites (tertiary alicyclic amines) is 1. The van der Waals surface area contributed by atoms with E-state index in [1.54, 1.807) is 0 Å². The molecule has 3 aromatic rings. The van der Waals surface area contributed by atoms with Crippen LogP contribution in [0, 0.1) is 0 Å². The first-order chi connectivity index (χ1) is 14.7. The Balaban J connectivity index is 1.61. The Morgan fingerprint density at radius 1 is 0.867 bits per heavy atom. The van der Waals surface area contributed by atoms with Gasteiger partial charge in [-0.3, -0.25) is 9.69 Å². The van der Waals surface area contributed by atoms with Crippen LogP contribution in [0.1, 0.15) is 35.2 Å². The van der Waals surface area contributed by atoms with Gasteiger partial charge in [0.25, 0.3) is 5.91 Å². The molecule has 4 nitrogen and oxygen atoms in total. The fourth-order valence-electron chi connectivity index (χ4n) is 4.08. The van der Waals surface area contributed by atoms with Crippen LogP contribution in [0.15, 0.2) is 72.8 Å². The summed E-state index contributed by atoms with van der Waals surface area (Å²) in [4.78, 5) is 15.5. The van der Waals surface area contributed by atoms with E-state index in [0.717, 1.165) is 31.0 Å². The maximum Gasteiger partial charge on any atom is 0.255 e. The van der Waals surface area contributed by atoms with E-state index in [0.29, 0.717) is 5.56 Å². The number of rotatable bonds is 6. The molecule has 4 heteroatoms. The molecule has 1 amide bonds. The molecule has 0 atom stereocenters. The van der Waals surface area contributed by atoms with Crippen molar-refractivity contribution in [3.63, 3.8) is 0 Å². The summed E-state index contributed by atoms with van der Waals surface area (Å²) in [5, 5.41) is 6.13. The number of anilines is 2. The van der Waals surface area contributed by atoms with Crippen molar-refractivity contribution in [2.24, 2.45) is 0 Å². The molecular weight excluding hydrogens is 370 g/mol. The van der Waals surface area contributed by atoms with Crippen LogP contribution in [0.3, 0.4) is 0 Å². The molecule has 0 saturated carbocycles. The van der Waals surface area contributed by atoms with Crippen molar-refractivity contribution < 1.29 is 4.79 Å². The van der Waals surface area contributed by atoms with Gasteiger partial charge in [0.2, 0.25) is 0 Å². The number of amides is 1. The fourth-order valence-corrected chi connectivity index (χ4v) is 4.08. The number of nitrogens with one attached hydrogen (secondary N) is 2. The van der Waals surface area contributed by atoms with Crippen molar-refractivity contribution in [3.8, 4) is 11.1 Å². The van der Waals surface area contributed by atoms with Gasteiger partial charge >= 0.3 is 0 Å². The third kappa shape index (κ3) is 4.89. The summed E-state index contributed by atoms with van der Waals surface area (Å²) < 4.78 is 0. The minimum Gasteiger partial charge on any atom is -0.388 e. The Hall–Kier alpha value is -3.11. The average Bonchev–Trinajstić information content (AvgIpc) is 2.80. The highest BCUT2D eigenvalue weighted by Crippen LogP contribution is 2.27. The van der Waals surface area contributed by atoms with Gasteiger partial charge in [-0.2, -0.15) is 0 Å². The molecule has 0 spiro atoms. The third-order valence-corrected chi connectivity index (χ3v) is 5.70. The van der Waals surface area contributed by atoms with Crippen LogP contribution in [0.5, 0.6) is 0 Å². The largest absolute Gasteiger partial charge is 0.388 e. The second-order valence-corrected chi connectivity index (χ2v) is 7.86. The molecule has 1 aliphatic rings. The van der Waals surface area contributed by atoms with E-state index in [4.69, 9.17) is 0 Å². The maximum absolute atomic E-state index is 13.0. The second-order valence-electron chi connectivity index (χ2n) is 7.86. The first-order valence-corrected chi connectivity index (χ1v) is 10.7. The van der Waals surface area contributed by atoms with Crippen molar-refractivity contribution in [2.75, 3.05) is 30.8 Å². The fraction of sp³-hybridized carbons (Fsp3) is 0.269. The minimum atomic E-state index is -0.0808. The van der Waals surface area contributed by atoms with Crippen LogP contribution >= 0.6 is 0 Å². The topological polar surface area (TPSA) is 44.4 Å². The minimum absolute atomic E-state index is 0.0808. The zero-order valence-corrected chi connectivity index (χ0v) is 17.5. The summed E-state index contributed by atoms with van der Waals surface area (Å²) in [5.74, 6) is -0.0808. The van der Waals surface area contributed by atoms with E-state index in [2.05, 4.69) is 51.9 Å². The Morgan fingerprint density at radius 3 is 2.40 bits per heavy atom. The summed E-state index contributed by atoms with van der Waals surface area (Å²) >= 11 is 0. The second kappa shape index (κ2) is 9.59. The average molecular weight is 400 g/mol. The number of hydrogen-bond acceptors (Lipinski definition) is 3. The number of benzene rings is 3. The molecule has 154 valence electrons. The highest BCUT2D eigenvalue weighted by atomic mass is 16.1. The zero-order valence-electron chi connectivity index (χ0n) is 17.5. The molecule has 1 saturated heterocycles. The molecule has 1 heterocycles. The van der Waals surface area contributed by atoms with E-state index in [-0.39, 0.29) is 5.91 Å². The molecule has 0 bridgehead atoms. The van der Waals surface area contributed by atoms with E-state index in [9.17, 15) is 4.79 Å². The smallest absolute Gasteiger partial charge is 0.255 e. The van der Waals surface area contributed by atoms with Crippen LogP contribution < -0.4 is 10.6 Å². The van der Waals surface area contributed by atoms with Crippen molar-refractivity contribution in [1.29, 1.82) is 0 Å². The molecule has 0 radical (unpaired) electrons. The van der Waals surface area contributed by atoms with Gasteiger partial charge in [-0.25, -0.2) is 0 Å². The first-order valence-electron chi connectivity index (χ1n) is 10.7. The number of hydrogen-bond donors (Lipinski definition) is 2. The predicted molar refractivity (Wildman–Crippen MR) is 125 cm³/mol. The molecular formula is C26H29N3O. The molecule has 30 heavy (non-hydrogen) atoms. The standard InChI is InChI=1S/C26H29N3O/c1-27-23-11-8-12-24(18-23)28-26(30)21-13-14-25(20-9-4-2-5-10-20)22(17-21)19-29-15-6-3-7-16-29/h2,4-5,8-14,17-18,27H,3,6-7,15-16,19H2,1H3,(H,28,30).